The molecule has 0 aliphatic heterocycles. The normalized spacial score (nSPS) is 31.2. The van der Waals surface area contributed by atoms with Crippen molar-refractivity contribution in [2.45, 2.75) is 39.9 Å². The third-order valence-electron chi connectivity index (χ3n) is 3.92. The van der Waals surface area contributed by atoms with Gasteiger partial charge in [-0.3, -0.25) is 5.87 Å². The zero-order valence-corrected chi connectivity index (χ0v) is 11.9. The third kappa shape index (κ3) is 2.54. The van der Waals surface area contributed by atoms with Crippen LogP contribution in [-0.2, 0) is 0 Å². The van der Waals surface area contributed by atoms with Gasteiger partial charge < -0.3 is 20.7 Å². The van der Waals surface area contributed by atoms with Crippen LogP contribution in [-0.4, -0.2) is 18.1 Å². The Kier molecular flexibility index (Phi) is 4.91. The first-order valence-corrected chi connectivity index (χ1v) is 6.32. The first-order valence-electron chi connectivity index (χ1n) is 6.32. The van der Waals surface area contributed by atoms with Crippen LogP contribution in [0.25, 0.3) is 10.3 Å². The average Bonchev–Trinajstić information content (AvgIpc) is 2.49. The first-order chi connectivity index (χ1) is 9.27. The van der Waals surface area contributed by atoms with E-state index in [0.29, 0.717) is 16.7 Å². The number of allylic oxidation sites excluding steroid dienone is 1. The van der Waals surface area contributed by atoms with Crippen LogP contribution in [0.5, 0.6) is 0 Å². The maximum atomic E-state index is 11.1. The molecule has 0 saturated heterocycles. The van der Waals surface area contributed by atoms with Gasteiger partial charge in [-0.15, -0.1) is 5.76 Å². The predicted octanol–water partition coefficient (Wildman–Crippen LogP) is -0.277. The quantitative estimate of drug-likeness (QED) is 0.485. The molecule has 5 nitrogen and oxygen atoms in total. The number of nitrogens with zero attached hydrogens (tertiary/aromatic N) is 2. The van der Waals surface area contributed by atoms with Crippen molar-refractivity contribution < 1.29 is 15.3 Å². The summed E-state index contributed by atoms with van der Waals surface area (Å²) in [6.45, 7) is 13.4. The summed E-state index contributed by atoms with van der Waals surface area (Å²) in [7, 11) is 0. The van der Waals surface area contributed by atoms with E-state index in [1.165, 1.54) is 0 Å². The lowest BCUT2D eigenvalue weighted by Crippen LogP contribution is -2.47. The largest absolute Gasteiger partial charge is 0.875 e. The van der Waals surface area contributed by atoms with Crippen LogP contribution >= 0.6 is 0 Å². The molecule has 0 radical (unpaired) electrons. The molecule has 108 valence electrons. The van der Waals surface area contributed by atoms with Gasteiger partial charge in [0.1, 0.15) is 0 Å². The van der Waals surface area contributed by atoms with E-state index in [9.17, 15) is 15.3 Å². The summed E-state index contributed by atoms with van der Waals surface area (Å²) < 4.78 is 0. The van der Waals surface area contributed by atoms with Gasteiger partial charge in [-0.2, -0.15) is 0 Å². The molecular formula is C15H16N2O3-4. The lowest BCUT2D eigenvalue weighted by molar-refractivity contribution is -0.449. The van der Waals surface area contributed by atoms with E-state index in [4.69, 9.17) is 12.0 Å². The number of hydrogen-bond acceptors (Lipinski definition) is 3. The van der Waals surface area contributed by atoms with Crippen molar-refractivity contribution in [2.75, 3.05) is 0 Å². The summed E-state index contributed by atoms with van der Waals surface area (Å²) in [5.41, 5.74) is 1.88. The predicted molar refractivity (Wildman–Crippen MR) is 69.8 cm³/mol. The molecule has 20 heavy (non-hydrogen) atoms. The molecule has 4 unspecified atom stereocenters. The van der Waals surface area contributed by atoms with Crippen LogP contribution in [0.4, 0.5) is 0 Å². The van der Waals surface area contributed by atoms with Crippen LogP contribution in [0.2, 0.25) is 0 Å². The van der Waals surface area contributed by atoms with E-state index in [2.05, 4.69) is 4.85 Å². The van der Waals surface area contributed by atoms with Crippen LogP contribution in [0, 0.1) is 18.4 Å². The standard InChI is InChI=1S/C9H8N2O.C6H9O2/c1-5-8(6(2)9(5)12)7(4-10)11-3;1-3-5(7)4(2)6(3)8/h5,9H,1-2H3;3,5,8H,1-2H3/q-2;-1/p-1. The van der Waals surface area contributed by atoms with Gasteiger partial charge in [0.2, 0.25) is 5.70 Å². The van der Waals surface area contributed by atoms with E-state index in [1.54, 1.807) is 33.6 Å². The minimum atomic E-state index is -0.718. The van der Waals surface area contributed by atoms with Crippen molar-refractivity contribution in [1.82, 2.24) is 0 Å². The van der Waals surface area contributed by atoms with Gasteiger partial charge in [0, 0.05) is 0 Å². The second-order valence-corrected chi connectivity index (χ2v) is 5.13. The molecule has 0 aromatic rings. The average molecular weight is 272 g/mol. The van der Waals surface area contributed by atoms with Crippen molar-refractivity contribution in [2.24, 2.45) is 11.8 Å². The molecule has 0 heterocycles. The molecule has 5 heteroatoms. The van der Waals surface area contributed by atoms with E-state index >= 15 is 0 Å². The second-order valence-electron chi connectivity index (χ2n) is 5.13. The summed E-state index contributed by atoms with van der Waals surface area (Å²) in [6.07, 6.45) is -1.42. The van der Waals surface area contributed by atoms with E-state index in [-0.39, 0.29) is 23.3 Å². The zero-order valence-electron chi connectivity index (χ0n) is 11.9. The maximum absolute atomic E-state index is 11.1. The fourth-order valence-corrected chi connectivity index (χ4v) is 2.41. The smallest absolute Gasteiger partial charge is 0.208 e. The summed E-state index contributed by atoms with van der Waals surface area (Å²) in [4.78, 5) is 3.07. The molecule has 2 aliphatic rings. The number of hydrogen-bond donors (Lipinski definition) is 0. The third-order valence-corrected chi connectivity index (χ3v) is 3.92. The number of rotatable bonds is 1. The molecule has 4 atom stereocenters. The Morgan fingerprint density at radius 3 is 1.90 bits per heavy atom. The Hall–Kier alpha value is -1.86. The molecule has 0 spiro atoms. The fourth-order valence-electron chi connectivity index (χ4n) is 2.41. The highest BCUT2D eigenvalue weighted by molar-refractivity contribution is 5.72. The highest BCUT2D eigenvalue weighted by Gasteiger charge is 2.27. The molecule has 2 aliphatic carbocycles. The maximum Gasteiger partial charge on any atom is 0.208 e. The summed E-state index contributed by atoms with van der Waals surface area (Å²) >= 11 is 0. The van der Waals surface area contributed by atoms with E-state index in [1.807, 2.05) is 0 Å². The van der Waals surface area contributed by atoms with Crippen LogP contribution < -0.4 is 15.3 Å². The van der Waals surface area contributed by atoms with Gasteiger partial charge >= 0.3 is 0 Å². The highest BCUT2D eigenvalue weighted by Crippen LogP contribution is 2.37. The minimum Gasteiger partial charge on any atom is -0.875 e. The molecule has 0 fully saturated rings. The molecule has 0 aromatic heterocycles. The first kappa shape index (κ1) is 16.2. The summed E-state index contributed by atoms with van der Waals surface area (Å²) in [5, 5.41) is 40.8. The molecular weight excluding hydrogens is 256 g/mol. The van der Waals surface area contributed by atoms with Gasteiger partial charge in [0.15, 0.2) is 0 Å². The Bertz CT molecular complexity index is 546. The molecule has 0 amide bonds. The molecule has 0 saturated carbocycles. The molecule has 0 aromatic carbocycles. The van der Waals surface area contributed by atoms with Crippen molar-refractivity contribution in [1.29, 1.82) is 0 Å². The lowest BCUT2D eigenvalue weighted by Gasteiger charge is -2.47. The zero-order chi connectivity index (χ0) is 15.6. The molecule has 2 rings (SSSR count). The van der Waals surface area contributed by atoms with Crippen LogP contribution in [0.15, 0.2) is 28.2 Å². The Morgan fingerprint density at radius 2 is 1.65 bits per heavy atom. The van der Waals surface area contributed by atoms with Crippen LogP contribution in [0.3, 0.4) is 0 Å². The van der Waals surface area contributed by atoms with E-state index in [0.717, 1.165) is 0 Å². The van der Waals surface area contributed by atoms with E-state index < -0.39 is 12.2 Å². The van der Waals surface area contributed by atoms with Gasteiger partial charge in [-0.05, 0) is 31.3 Å². The van der Waals surface area contributed by atoms with Gasteiger partial charge in [0.25, 0.3) is 0 Å². The SMILES string of the molecule is CC1=C([O-])C(C)C1[O-].[C-]#[N+]C(=C=[N-])C1=C(C)C([O-])C1C. The molecule has 0 bridgehead atoms. The van der Waals surface area contributed by atoms with Gasteiger partial charge in [-0.25, -0.2) is 4.85 Å². The fraction of sp³-hybridized carbons (Fsp3) is 0.533. The monoisotopic (exact) mass is 272 g/mol. The summed E-state index contributed by atoms with van der Waals surface area (Å²) in [6, 6.07) is 0. The highest BCUT2D eigenvalue weighted by atomic mass is 16.3. The minimum absolute atomic E-state index is 0.0463. The van der Waals surface area contributed by atoms with Gasteiger partial charge in [-0.1, -0.05) is 37.2 Å². The van der Waals surface area contributed by atoms with Crippen molar-refractivity contribution in [3.05, 3.63) is 45.0 Å². The lowest BCUT2D eigenvalue weighted by atomic mass is 9.75. The molecule has 0 N–H and O–H groups in total. The second kappa shape index (κ2) is 6.06. The Morgan fingerprint density at radius 1 is 1.15 bits per heavy atom. The van der Waals surface area contributed by atoms with Gasteiger partial charge in [0.05, 0.1) is 6.57 Å². The van der Waals surface area contributed by atoms with Crippen molar-refractivity contribution >= 4 is 5.87 Å². The van der Waals surface area contributed by atoms with Crippen molar-refractivity contribution in [3.8, 4) is 0 Å². The topological polar surface area (TPSA) is 95.8 Å². The van der Waals surface area contributed by atoms with Crippen molar-refractivity contribution in [3.63, 3.8) is 0 Å². The van der Waals surface area contributed by atoms with Crippen LogP contribution in [0.1, 0.15) is 27.7 Å². The Balaban J connectivity index is 0.000000217. The summed E-state index contributed by atoms with van der Waals surface area (Å²) in [5.74, 6) is 1.42. The Labute approximate surface area is 118 Å².